The van der Waals surface area contributed by atoms with Gasteiger partial charge in [0.15, 0.2) is 0 Å². The van der Waals surface area contributed by atoms with E-state index in [-0.39, 0.29) is 21.4 Å². The zero-order valence-electron chi connectivity index (χ0n) is 11.2. The Bertz CT molecular complexity index is 706. The standard InChI is InChI=1S/C12H14FN3O3S2/c1-16-6-5-8(12(16)17)15-21(18,19)9-4-2-3-7(13)10(9)11(14)20/h2-4,8,15H,5-6H2,1H3,(H2,14,20). The molecule has 1 aromatic rings. The highest BCUT2D eigenvalue weighted by Gasteiger charge is 2.34. The molecule has 21 heavy (non-hydrogen) atoms. The minimum Gasteiger partial charge on any atom is -0.389 e. The highest BCUT2D eigenvalue weighted by atomic mass is 32.2. The molecule has 114 valence electrons. The van der Waals surface area contributed by atoms with Gasteiger partial charge in [0.2, 0.25) is 15.9 Å². The molecule has 1 atom stereocenters. The van der Waals surface area contributed by atoms with Crippen LogP contribution in [0.25, 0.3) is 0 Å². The average Bonchev–Trinajstić information content (AvgIpc) is 2.69. The molecular formula is C12H14FN3O3S2. The maximum atomic E-state index is 13.7. The third-order valence-corrected chi connectivity index (χ3v) is 4.95. The van der Waals surface area contributed by atoms with Crippen molar-refractivity contribution in [3.8, 4) is 0 Å². The first-order valence-electron chi connectivity index (χ1n) is 6.09. The highest BCUT2D eigenvalue weighted by Crippen LogP contribution is 2.20. The van der Waals surface area contributed by atoms with Crippen molar-refractivity contribution in [1.29, 1.82) is 0 Å². The number of hydrogen-bond acceptors (Lipinski definition) is 4. The van der Waals surface area contributed by atoms with E-state index < -0.39 is 21.9 Å². The normalized spacial score (nSPS) is 19.0. The molecule has 9 heteroatoms. The van der Waals surface area contributed by atoms with E-state index in [1.807, 2.05) is 0 Å². The Labute approximate surface area is 127 Å². The maximum Gasteiger partial charge on any atom is 0.242 e. The van der Waals surface area contributed by atoms with E-state index >= 15 is 0 Å². The summed E-state index contributed by atoms with van der Waals surface area (Å²) in [6.07, 6.45) is 0.353. The van der Waals surface area contributed by atoms with Crippen LogP contribution in [0.3, 0.4) is 0 Å². The number of thiocarbonyl (C=S) groups is 1. The smallest absolute Gasteiger partial charge is 0.242 e. The topological polar surface area (TPSA) is 92.5 Å². The number of nitrogens with one attached hydrogen (secondary N) is 1. The molecule has 2 rings (SSSR count). The number of amides is 1. The summed E-state index contributed by atoms with van der Waals surface area (Å²) in [5, 5.41) is 0. The van der Waals surface area contributed by atoms with E-state index in [1.54, 1.807) is 7.05 Å². The predicted octanol–water partition coefficient (Wildman–Crippen LogP) is -0.0311. The van der Waals surface area contributed by atoms with Crippen LogP contribution in [0.2, 0.25) is 0 Å². The molecule has 1 amide bonds. The lowest BCUT2D eigenvalue weighted by molar-refractivity contribution is -0.127. The van der Waals surface area contributed by atoms with Crippen molar-refractivity contribution in [3.05, 3.63) is 29.6 Å². The number of benzene rings is 1. The number of halogens is 1. The van der Waals surface area contributed by atoms with Gasteiger partial charge in [0, 0.05) is 13.6 Å². The van der Waals surface area contributed by atoms with Crippen LogP contribution in [-0.2, 0) is 14.8 Å². The first-order valence-corrected chi connectivity index (χ1v) is 7.99. The van der Waals surface area contributed by atoms with Crippen molar-refractivity contribution in [3.63, 3.8) is 0 Å². The minimum absolute atomic E-state index is 0.327. The summed E-state index contributed by atoms with van der Waals surface area (Å²) in [6, 6.07) is 2.65. The Morgan fingerprint density at radius 2 is 2.19 bits per heavy atom. The lowest BCUT2D eigenvalue weighted by Gasteiger charge is -2.15. The molecule has 0 saturated carbocycles. The van der Waals surface area contributed by atoms with Crippen molar-refractivity contribution < 1.29 is 17.6 Å². The molecule has 0 spiro atoms. The number of nitrogens with two attached hydrogens (primary N) is 1. The Morgan fingerprint density at radius 1 is 1.52 bits per heavy atom. The number of nitrogens with zero attached hydrogens (tertiary/aromatic N) is 1. The molecule has 1 aliphatic rings. The molecule has 1 heterocycles. The van der Waals surface area contributed by atoms with Crippen LogP contribution in [0, 0.1) is 5.82 Å². The largest absolute Gasteiger partial charge is 0.389 e. The van der Waals surface area contributed by atoms with Crippen LogP contribution in [-0.4, -0.2) is 43.8 Å². The zero-order chi connectivity index (χ0) is 15.8. The van der Waals surface area contributed by atoms with Gasteiger partial charge in [-0.15, -0.1) is 0 Å². The maximum absolute atomic E-state index is 13.7. The van der Waals surface area contributed by atoms with Crippen molar-refractivity contribution in [2.24, 2.45) is 5.73 Å². The Hall–Kier alpha value is -1.58. The van der Waals surface area contributed by atoms with Crippen molar-refractivity contribution >= 4 is 33.1 Å². The van der Waals surface area contributed by atoms with E-state index in [1.165, 1.54) is 17.0 Å². The highest BCUT2D eigenvalue weighted by molar-refractivity contribution is 7.89. The van der Waals surface area contributed by atoms with Gasteiger partial charge < -0.3 is 10.6 Å². The van der Waals surface area contributed by atoms with E-state index in [0.29, 0.717) is 13.0 Å². The van der Waals surface area contributed by atoms with Gasteiger partial charge in [-0.25, -0.2) is 12.8 Å². The summed E-state index contributed by atoms with van der Waals surface area (Å²) in [5.74, 6) is -1.15. The van der Waals surface area contributed by atoms with Crippen LogP contribution in [0.15, 0.2) is 23.1 Å². The molecule has 0 radical (unpaired) electrons. The quantitative estimate of drug-likeness (QED) is 0.756. The van der Waals surface area contributed by atoms with Crippen LogP contribution < -0.4 is 10.5 Å². The molecule has 3 N–H and O–H groups in total. The van der Waals surface area contributed by atoms with Crippen LogP contribution in [0.1, 0.15) is 12.0 Å². The molecule has 1 unspecified atom stereocenters. The van der Waals surface area contributed by atoms with Gasteiger partial charge in [0.1, 0.15) is 16.8 Å². The lowest BCUT2D eigenvalue weighted by Crippen LogP contribution is -2.41. The molecule has 6 nitrogen and oxygen atoms in total. The second-order valence-electron chi connectivity index (χ2n) is 4.70. The van der Waals surface area contributed by atoms with Gasteiger partial charge in [-0.2, -0.15) is 4.72 Å². The third-order valence-electron chi connectivity index (χ3n) is 3.24. The fourth-order valence-corrected chi connectivity index (χ4v) is 3.88. The van der Waals surface area contributed by atoms with Gasteiger partial charge in [-0.1, -0.05) is 18.3 Å². The van der Waals surface area contributed by atoms with Crippen molar-refractivity contribution in [2.75, 3.05) is 13.6 Å². The number of likely N-dealkylation sites (tertiary alicyclic amines) is 1. The fourth-order valence-electron chi connectivity index (χ4n) is 2.15. The number of carbonyl (C=O) groups is 1. The van der Waals surface area contributed by atoms with Crippen LogP contribution in [0.5, 0.6) is 0 Å². The number of hydrogen-bond donors (Lipinski definition) is 2. The van der Waals surface area contributed by atoms with Gasteiger partial charge in [-0.05, 0) is 18.6 Å². The van der Waals surface area contributed by atoms with Gasteiger partial charge in [0.25, 0.3) is 0 Å². The number of rotatable bonds is 4. The molecule has 1 fully saturated rings. The van der Waals surface area contributed by atoms with E-state index in [0.717, 1.165) is 6.07 Å². The summed E-state index contributed by atoms with van der Waals surface area (Å²) in [5.41, 5.74) is 5.05. The first-order chi connectivity index (χ1) is 9.74. The molecule has 0 bridgehead atoms. The van der Waals surface area contributed by atoms with Gasteiger partial charge in [-0.3, -0.25) is 4.79 Å². The Kier molecular flexibility index (Phi) is 4.26. The fraction of sp³-hybridized carbons (Fsp3) is 0.333. The van der Waals surface area contributed by atoms with E-state index in [2.05, 4.69) is 4.72 Å². The van der Waals surface area contributed by atoms with Crippen molar-refractivity contribution in [2.45, 2.75) is 17.4 Å². The van der Waals surface area contributed by atoms with Crippen LogP contribution in [0.4, 0.5) is 4.39 Å². The number of carbonyl (C=O) groups excluding carboxylic acids is 1. The second-order valence-corrected chi connectivity index (χ2v) is 6.82. The third kappa shape index (κ3) is 3.04. The molecule has 1 aromatic carbocycles. The summed E-state index contributed by atoms with van der Waals surface area (Å²) >= 11 is 4.70. The molecule has 0 aliphatic carbocycles. The number of likely N-dealkylation sites (N-methyl/N-ethyl adjacent to an activating group) is 1. The average molecular weight is 331 g/mol. The minimum atomic E-state index is -4.10. The molecular weight excluding hydrogens is 317 g/mol. The Balaban J connectivity index is 2.39. The lowest BCUT2D eigenvalue weighted by atomic mass is 10.2. The second kappa shape index (κ2) is 5.66. The first kappa shape index (κ1) is 15.8. The molecule has 1 saturated heterocycles. The summed E-state index contributed by atoms with van der Waals surface area (Å²) in [7, 11) is -2.52. The summed E-state index contributed by atoms with van der Waals surface area (Å²) in [6.45, 7) is 0.456. The SMILES string of the molecule is CN1CCC(NS(=O)(=O)c2cccc(F)c2C(N)=S)C1=O. The zero-order valence-corrected chi connectivity index (χ0v) is 12.8. The van der Waals surface area contributed by atoms with E-state index in [4.69, 9.17) is 18.0 Å². The van der Waals surface area contributed by atoms with Gasteiger partial charge in [0.05, 0.1) is 10.5 Å². The molecule has 1 aliphatic heterocycles. The van der Waals surface area contributed by atoms with E-state index in [9.17, 15) is 17.6 Å². The monoisotopic (exact) mass is 331 g/mol. The summed E-state index contributed by atoms with van der Waals surface area (Å²) < 4.78 is 40.7. The summed E-state index contributed by atoms with van der Waals surface area (Å²) in [4.78, 5) is 12.5. The van der Waals surface area contributed by atoms with Crippen molar-refractivity contribution in [1.82, 2.24) is 9.62 Å². The molecule has 0 aromatic heterocycles. The van der Waals surface area contributed by atoms with Gasteiger partial charge >= 0.3 is 0 Å². The predicted molar refractivity (Wildman–Crippen MR) is 78.7 cm³/mol. The van der Waals surface area contributed by atoms with Crippen LogP contribution >= 0.6 is 12.2 Å². The number of sulfonamides is 1. The Morgan fingerprint density at radius 3 is 2.71 bits per heavy atom.